The quantitative estimate of drug-likeness (QED) is 0.837. The van der Waals surface area contributed by atoms with E-state index in [0.717, 1.165) is 12.1 Å². The van der Waals surface area contributed by atoms with E-state index in [4.69, 9.17) is 0 Å². The van der Waals surface area contributed by atoms with Crippen LogP contribution in [-0.2, 0) is 10.0 Å². The molecule has 0 saturated heterocycles. The highest BCUT2D eigenvalue weighted by atomic mass is 32.2. The predicted molar refractivity (Wildman–Crippen MR) is 96.8 cm³/mol. The minimum atomic E-state index is -3.70. The van der Waals surface area contributed by atoms with Gasteiger partial charge >= 0.3 is 0 Å². The van der Waals surface area contributed by atoms with Crippen LogP contribution in [-0.4, -0.2) is 25.2 Å². The first-order valence-corrected chi connectivity index (χ1v) is 9.35. The normalized spacial score (nSPS) is 11.6. The lowest BCUT2D eigenvalue weighted by molar-refractivity contribution is 0.599. The Morgan fingerprint density at radius 3 is 2.04 bits per heavy atom. The van der Waals surface area contributed by atoms with Crippen molar-refractivity contribution in [1.29, 1.82) is 0 Å². The Kier molecular flexibility index (Phi) is 5.43. The molecule has 1 aromatic carbocycles. The third-order valence-electron chi connectivity index (χ3n) is 3.47. The fourth-order valence-corrected chi connectivity index (χ4v) is 4.02. The minimum Gasteiger partial charge on any atom is -0.368 e. The summed E-state index contributed by atoms with van der Waals surface area (Å²) in [6, 6.07) is 7.02. The van der Waals surface area contributed by atoms with Crippen molar-refractivity contribution in [1.82, 2.24) is 10.2 Å². The van der Waals surface area contributed by atoms with Crippen LogP contribution in [0.3, 0.4) is 0 Å². The summed E-state index contributed by atoms with van der Waals surface area (Å²) in [5, 5.41) is 11.1. The Balaban J connectivity index is 2.21. The van der Waals surface area contributed by atoms with Crippen LogP contribution < -0.4 is 10.0 Å². The van der Waals surface area contributed by atoms with Crippen LogP contribution in [0.5, 0.6) is 0 Å². The maximum Gasteiger partial charge on any atom is 0.263 e. The summed E-state index contributed by atoms with van der Waals surface area (Å²) >= 11 is 0. The summed E-state index contributed by atoms with van der Waals surface area (Å²) < 4.78 is 27.8. The second-order valence-corrected chi connectivity index (χ2v) is 8.03. The molecular weight excluding hydrogens is 324 g/mol. The van der Waals surface area contributed by atoms with E-state index in [1.54, 1.807) is 26.0 Å². The van der Waals surface area contributed by atoms with E-state index in [0.29, 0.717) is 22.9 Å². The van der Waals surface area contributed by atoms with Crippen molar-refractivity contribution in [3.05, 3.63) is 41.0 Å². The number of nitrogens with zero attached hydrogens (tertiary/aromatic N) is 2. The minimum absolute atomic E-state index is 0.199. The van der Waals surface area contributed by atoms with Crippen molar-refractivity contribution in [2.24, 2.45) is 5.92 Å². The molecule has 0 spiro atoms. The Hall–Kier alpha value is -2.15. The highest BCUT2D eigenvalue weighted by Crippen LogP contribution is 2.23. The lowest BCUT2D eigenvalue weighted by Gasteiger charge is -2.13. The van der Waals surface area contributed by atoms with Crippen LogP contribution >= 0.6 is 0 Å². The van der Waals surface area contributed by atoms with E-state index in [1.165, 1.54) is 0 Å². The number of nitrogens with one attached hydrogen (secondary N) is 2. The van der Waals surface area contributed by atoms with Crippen molar-refractivity contribution < 1.29 is 8.42 Å². The van der Waals surface area contributed by atoms with Gasteiger partial charge in [-0.2, -0.15) is 0 Å². The molecule has 0 amide bonds. The van der Waals surface area contributed by atoms with Gasteiger partial charge in [0.05, 0.1) is 4.90 Å². The van der Waals surface area contributed by atoms with Gasteiger partial charge in [0.15, 0.2) is 5.82 Å². The zero-order valence-corrected chi connectivity index (χ0v) is 15.5. The SMILES string of the molecule is Cc1cc(C)c(S(=O)(=O)Nc2ccc(NCC(C)C)nn2)c(C)c1. The summed E-state index contributed by atoms with van der Waals surface area (Å²) in [4.78, 5) is 0.289. The molecular formula is C17H24N4O2S. The van der Waals surface area contributed by atoms with Crippen LogP contribution in [0.2, 0.25) is 0 Å². The maximum absolute atomic E-state index is 12.7. The molecule has 130 valence electrons. The van der Waals surface area contributed by atoms with Crippen molar-refractivity contribution in [3.63, 3.8) is 0 Å². The molecule has 7 heteroatoms. The van der Waals surface area contributed by atoms with E-state index in [-0.39, 0.29) is 10.7 Å². The average Bonchev–Trinajstić information content (AvgIpc) is 2.44. The van der Waals surface area contributed by atoms with E-state index in [2.05, 4.69) is 34.1 Å². The lowest BCUT2D eigenvalue weighted by atomic mass is 10.1. The van der Waals surface area contributed by atoms with Crippen LogP contribution in [0.25, 0.3) is 0 Å². The van der Waals surface area contributed by atoms with Gasteiger partial charge in [-0.3, -0.25) is 4.72 Å². The number of hydrogen-bond acceptors (Lipinski definition) is 5. The molecule has 2 rings (SSSR count). The summed E-state index contributed by atoms with van der Waals surface area (Å²) in [7, 11) is -3.70. The summed E-state index contributed by atoms with van der Waals surface area (Å²) in [5.41, 5.74) is 2.45. The van der Waals surface area contributed by atoms with Gasteiger partial charge in [-0.15, -0.1) is 10.2 Å². The summed E-state index contributed by atoms with van der Waals surface area (Å²) in [6.45, 7) is 10.5. The van der Waals surface area contributed by atoms with E-state index in [9.17, 15) is 8.42 Å². The molecule has 0 fully saturated rings. The number of rotatable bonds is 6. The highest BCUT2D eigenvalue weighted by molar-refractivity contribution is 7.92. The third-order valence-corrected chi connectivity index (χ3v) is 5.13. The molecule has 0 aliphatic rings. The lowest BCUT2D eigenvalue weighted by Crippen LogP contribution is -2.17. The first-order valence-electron chi connectivity index (χ1n) is 7.87. The molecule has 2 aromatic rings. The predicted octanol–water partition coefficient (Wildman–Crippen LogP) is 3.27. The average molecular weight is 348 g/mol. The van der Waals surface area contributed by atoms with Crippen molar-refractivity contribution >= 4 is 21.7 Å². The Labute approximate surface area is 143 Å². The number of aromatic nitrogens is 2. The largest absolute Gasteiger partial charge is 0.368 e. The van der Waals surface area contributed by atoms with Gasteiger partial charge in [0, 0.05) is 6.54 Å². The molecule has 0 unspecified atom stereocenters. The number of sulfonamides is 1. The van der Waals surface area contributed by atoms with Gasteiger partial charge in [-0.25, -0.2) is 8.42 Å². The van der Waals surface area contributed by atoms with Crippen LogP contribution in [0.1, 0.15) is 30.5 Å². The van der Waals surface area contributed by atoms with Crippen LogP contribution in [0.15, 0.2) is 29.2 Å². The summed E-state index contributed by atoms with van der Waals surface area (Å²) in [5.74, 6) is 1.30. The number of anilines is 2. The molecule has 1 aromatic heterocycles. The topological polar surface area (TPSA) is 84.0 Å². The van der Waals surface area contributed by atoms with Crippen molar-refractivity contribution in [2.45, 2.75) is 39.5 Å². The molecule has 1 heterocycles. The fourth-order valence-electron chi connectivity index (χ4n) is 2.57. The van der Waals surface area contributed by atoms with Crippen molar-refractivity contribution in [3.8, 4) is 0 Å². The first kappa shape index (κ1) is 18.2. The Morgan fingerprint density at radius 1 is 1.00 bits per heavy atom. The highest BCUT2D eigenvalue weighted by Gasteiger charge is 2.20. The van der Waals surface area contributed by atoms with Gasteiger partial charge < -0.3 is 5.32 Å². The number of benzene rings is 1. The molecule has 0 saturated carbocycles. The summed E-state index contributed by atoms with van der Waals surface area (Å²) in [6.07, 6.45) is 0. The van der Waals surface area contributed by atoms with Crippen molar-refractivity contribution in [2.75, 3.05) is 16.6 Å². The van der Waals surface area contributed by atoms with Gasteiger partial charge in [0.2, 0.25) is 0 Å². The Bertz CT molecular complexity index is 792. The molecule has 6 nitrogen and oxygen atoms in total. The second kappa shape index (κ2) is 7.17. The van der Waals surface area contributed by atoms with Gasteiger partial charge in [0.1, 0.15) is 5.82 Å². The zero-order chi connectivity index (χ0) is 17.9. The van der Waals surface area contributed by atoms with E-state index >= 15 is 0 Å². The number of aryl methyl sites for hydroxylation is 3. The number of hydrogen-bond donors (Lipinski definition) is 2. The Morgan fingerprint density at radius 2 is 1.54 bits per heavy atom. The molecule has 0 aliphatic heterocycles. The maximum atomic E-state index is 12.7. The molecule has 0 aliphatic carbocycles. The van der Waals surface area contributed by atoms with E-state index < -0.39 is 10.0 Å². The third kappa shape index (κ3) is 4.44. The standard InChI is InChI=1S/C17H24N4O2S/c1-11(2)10-18-15-6-7-16(20-19-15)21-24(22,23)17-13(4)8-12(3)9-14(17)5/h6-9,11H,10H2,1-5H3,(H,18,19)(H,20,21). The molecule has 0 bridgehead atoms. The first-order chi connectivity index (χ1) is 11.2. The van der Waals surface area contributed by atoms with Gasteiger partial charge in [0.25, 0.3) is 10.0 Å². The van der Waals surface area contributed by atoms with Crippen LogP contribution in [0, 0.1) is 26.7 Å². The zero-order valence-electron chi connectivity index (χ0n) is 14.7. The molecule has 0 atom stereocenters. The molecule has 0 radical (unpaired) electrons. The van der Waals surface area contributed by atoms with Gasteiger partial charge in [-0.05, 0) is 49.9 Å². The van der Waals surface area contributed by atoms with E-state index in [1.807, 2.05) is 19.1 Å². The second-order valence-electron chi connectivity index (χ2n) is 6.41. The smallest absolute Gasteiger partial charge is 0.263 e. The fraction of sp³-hybridized carbons (Fsp3) is 0.412. The monoisotopic (exact) mass is 348 g/mol. The molecule has 2 N–H and O–H groups in total. The van der Waals surface area contributed by atoms with Gasteiger partial charge in [-0.1, -0.05) is 31.5 Å². The van der Waals surface area contributed by atoms with Crippen LogP contribution in [0.4, 0.5) is 11.6 Å². The molecule has 24 heavy (non-hydrogen) atoms.